The van der Waals surface area contributed by atoms with Crippen molar-refractivity contribution in [1.29, 1.82) is 0 Å². The van der Waals surface area contributed by atoms with Crippen molar-refractivity contribution < 1.29 is 60.7 Å². The number of rotatable bonds is 5. The van der Waals surface area contributed by atoms with Gasteiger partial charge in [0.1, 0.15) is 0 Å². The van der Waals surface area contributed by atoms with Gasteiger partial charge in [0.05, 0.1) is 18.3 Å². The fourth-order valence-electron chi connectivity index (χ4n) is 0.881. The Morgan fingerprint density at radius 2 is 1.36 bits per heavy atom. The minimum Gasteiger partial charge on any atom is -1.00 e. The molecule has 0 saturated carbocycles. The molecular formula is C7H11NaO6. The van der Waals surface area contributed by atoms with Crippen LogP contribution in [0.2, 0.25) is 0 Å². The minimum absolute atomic E-state index is 0. The number of carboxylic acids is 3. The molecule has 14 heavy (non-hydrogen) atoms. The Kier molecular flexibility index (Phi) is 6.80. The second kappa shape index (κ2) is 6.00. The van der Waals surface area contributed by atoms with Crippen LogP contribution in [0, 0.1) is 5.41 Å². The third-order valence-electron chi connectivity index (χ3n) is 1.60. The maximum absolute atomic E-state index is 10.6. The van der Waals surface area contributed by atoms with E-state index in [2.05, 4.69) is 0 Å². The van der Waals surface area contributed by atoms with E-state index in [1.54, 1.807) is 0 Å². The fourth-order valence-corrected chi connectivity index (χ4v) is 0.881. The molecule has 0 aromatic heterocycles. The third kappa shape index (κ3) is 5.21. The first-order valence-corrected chi connectivity index (χ1v) is 3.45. The van der Waals surface area contributed by atoms with E-state index >= 15 is 0 Å². The molecule has 3 N–H and O–H groups in total. The Bertz CT molecular complexity index is 238. The molecule has 0 aromatic rings. The minimum atomic E-state index is -1.74. The van der Waals surface area contributed by atoms with Crippen molar-refractivity contribution in [3.8, 4) is 0 Å². The average Bonchev–Trinajstić information content (AvgIpc) is 1.82. The van der Waals surface area contributed by atoms with Crippen LogP contribution >= 0.6 is 0 Å². The normalized spacial score (nSPS) is 10.1. The summed E-state index contributed by atoms with van der Waals surface area (Å²) >= 11 is 0. The standard InChI is InChI=1S/C7H10O6.Na.H/c1-7(6(12)13,2-4(8)9)3-5(10)11;;/h2-3H2,1H3,(H,8,9)(H,10,11)(H,12,13);;/q;+1;-1. The Morgan fingerprint density at radius 1 is 1.07 bits per heavy atom. The first kappa shape index (κ1) is 15.9. The van der Waals surface area contributed by atoms with E-state index in [9.17, 15) is 14.4 Å². The van der Waals surface area contributed by atoms with Gasteiger partial charge in [0.15, 0.2) is 0 Å². The molecule has 0 fully saturated rings. The average molecular weight is 214 g/mol. The van der Waals surface area contributed by atoms with Crippen LogP contribution in [0.1, 0.15) is 21.2 Å². The van der Waals surface area contributed by atoms with Gasteiger partial charge in [-0.3, -0.25) is 14.4 Å². The summed E-state index contributed by atoms with van der Waals surface area (Å²) in [4.78, 5) is 31.1. The molecule has 0 aliphatic rings. The molecule has 0 heterocycles. The van der Waals surface area contributed by atoms with Crippen LogP contribution in [0.25, 0.3) is 0 Å². The Morgan fingerprint density at radius 3 is 1.50 bits per heavy atom. The fraction of sp³-hybridized carbons (Fsp3) is 0.571. The van der Waals surface area contributed by atoms with E-state index in [0.717, 1.165) is 6.92 Å². The first-order chi connectivity index (χ1) is 5.78. The van der Waals surface area contributed by atoms with Gasteiger partial charge in [0, 0.05) is 0 Å². The predicted molar refractivity (Wildman–Crippen MR) is 41.4 cm³/mol. The summed E-state index contributed by atoms with van der Waals surface area (Å²) in [5, 5.41) is 25.3. The molecule has 7 heteroatoms. The molecule has 0 aliphatic heterocycles. The second-order valence-corrected chi connectivity index (χ2v) is 3.01. The van der Waals surface area contributed by atoms with E-state index in [1.807, 2.05) is 0 Å². The van der Waals surface area contributed by atoms with Gasteiger partial charge in [-0.05, 0) is 6.92 Å². The van der Waals surface area contributed by atoms with E-state index in [4.69, 9.17) is 15.3 Å². The van der Waals surface area contributed by atoms with Crippen LogP contribution in [0.5, 0.6) is 0 Å². The van der Waals surface area contributed by atoms with Gasteiger partial charge in [-0.2, -0.15) is 0 Å². The van der Waals surface area contributed by atoms with Crippen molar-refractivity contribution in [1.82, 2.24) is 0 Å². The molecule has 0 amide bonds. The van der Waals surface area contributed by atoms with Gasteiger partial charge in [0.25, 0.3) is 0 Å². The molecule has 0 unspecified atom stereocenters. The number of carboxylic acid groups (broad SMARTS) is 3. The maximum Gasteiger partial charge on any atom is 1.00 e. The topological polar surface area (TPSA) is 112 Å². The van der Waals surface area contributed by atoms with Crippen molar-refractivity contribution in [3.63, 3.8) is 0 Å². The summed E-state index contributed by atoms with van der Waals surface area (Å²) in [7, 11) is 0. The zero-order valence-electron chi connectivity index (χ0n) is 8.98. The monoisotopic (exact) mass is 214 g/mol. The largest absolute Gasteiger partial charge is 1.00 e. The molecule has 0 bridgehead atoms. The number of hydrogen-bond donors (Lipinski definition) is 3. The third-order valence-corrected chi connectivity index (χ3v) is 1.60. The van der Waals surface area contributed by atoms with Gasteiger partial charge < -0.3 is 16.7 Å². The van der Waals surface area contributed by atoms with Crippen LogP contribution in [0.4, 0.5) is 0 Å². The summed E-state index contributed by atoms with van der Waals surface area (Å²) in [5.74, 6) is -4.07. The van der Waals surface area contributed by atoms with Gasteiger partial charge in [-0.1, -0.05) is 0 Å². The summed E-state index contributed by atoms with van der Waals surface area (Å²) < 4.78 is 0. The van der Waals surface area contributed by atoms with Crippen molar-refractivity contribution in [2.45, 2.75) is 19.8 Å². The maximum atomic E-state index is 10.6. The SMILES string of the molecule is CC(CC(=O)O)(CC(=O)O)C(=O)O.[H-].[Na+]. The van der Waals surface area contributed by atoms with E-state index < -0.39 is 36.2 Å². The van der Waals surface area contributed by atoms with Crippen LogP contribution < -0.4 is 29.6 Å². The van der Waals surface area contributed by atoms with Crippen LogP contribution in [0.3, 0.4) is 0 Å². The predicted octanol–water partition coefficient (Wildman–Crippen LogP) is -2.86. The Hall–Kier alpha value is -0.590. The molecule has 0 aliphatic carbocycles. The number of carbonyl (C=O) groups is 3. The van der Waals surface area contributed by atoms with Crippen molar-refractivity contribution >= 4 is 17.9 Å². The molecule has 0 spiro atoms. The van der Waals surface area contributed by atoms with Crippen LogP contribution in [0.15, 0.2) is 0 Å². The van der Waals surface area contributed by atoms with Crippen LogP contribution in [-0.2, 0) is 14.4 Å². The summed E-state index contributed by atoms with van der Waals surface area (Å²) in [6.45, 7) is 1.09. The summed E-state index contributed by atoms with van der Waals surface area (Å²) in [5.41, 5.74) is -1.74. The molecule has 0 atom stereocenters. The van der Waals surface area contributed by atoms with E-state index in [0.29, 0.717) is 0 Å². The van der Waals surface area contributed by atoms with E-state index in [1.165, 1.54) is 0 Å². The van der Waals surface area contributed by atoms with Gasteiger partial charge >= 0.3 is 47.5 Å². The number of hydrogen-bond acceptors (Lipinski definition) is 3. The Balaban J connectivity index is -0.000000720. The second-order valence-electron chi connectivity index (χ2n) is 3.01. The first-order valence-electron chi connectivity index (χ1n) is 3.45. The zero-order valence-corrected chi connectivity index (χ0v) is 9.98. The molecular weight excluding hydrogens is 203 g/mol. The van der Waals surface area contributed by atoms with Crippen molar-refractivity contribution in [3.05, 3.63) is 0 Å². The zero-order chi connectivity index (χ0) is 10.6. The molecule has 6 nitrogen and oxygen atoms in total. The van der Waals surface area contributed by atoms with Crippen LogP contribution in [-0.4, -0.2) is 33.2 Å². The molecule has 0 aromatic carbocycles. The van der Waals surface area contributed by atoms with Gasteiger partial charge in [-0.25, -0.2) is 0 Å². The van der Waals surface area contributed by atoms with Gasteiger partial charge in [0.2, 0.25) is 0 Å². The van der Waals surface area contributed by atoms with Gasteiger partial charge in [-0.15, -0.1) is 0 Å². The molecule has 0 saturated heterocycles. The smallest absolute Gasteiger partial charge is 1.00 e. The van der Waals surface area contributed by atoms with E-state index in [-0.39, 0.29) is 31.0 Å². The quantitative estimate of drug-likeness (QED) is 0.424. The van der Waals surface area contributed by atoms with Crippen molar-refractivity contribution in [2.75, 3.05) is 0 Å². The molecule has 0 radical (unpaired) electrons. The molecule has 76 valence electrons. The Labute approximate surface area is 104 Å². The number of aliphatic carboxylic acids is 3. The summed E-state index contributed by atoms with van der Waals surface area (Å²) in [6, 6.07) is 0. The van der Waals surface area contributed by atoms with Crippen molar-refractivity contribution in [2.24, 2.45) is 5.41 Å². The molecule has 0 rings (SSSR count). The summed E-state index contributed by atoms with van der Waals surface area (Å²) in [6.07, 6.45) is -1.40.